The molecule has 3 rings (SSSR count). The number of rotatable bonds is 5. The molecule has 29 heavy (non-hydrogen) atoms. The summed E-state index contributed by atoms with van der Waals surface area (Å²) in [4.78, 5) is 20.8. The number of aryl methyl sites for hydroxylation is 1. The van der Waals surface area contributed by atoms with E-state index in [4.69, 9.17) is 17.3 Å². The second-order valence-electron chi connectivity index (χ2n) is 5.88. The van der Waals surface area contributed by atoms with Crippen LogP contribution in [-0.4, -0.2) is 40.2 Å². The zero-order chi connectivity index (χ0) is 21.0. The predicted octanol–water partition coefficient (Wildman–Crippen LogP) is 4.44. The summed E-state index contributed by atoms with van der Waals surface area (Å²) in [7, 11) is 0. The molecule has 10 heteroatoms. The maximum Gasteiger partial charge on any atom is 0.436 e. The third-order valence-electron chi connectivity index (χ3n) is 3.93. The van der Waals surface area contributed by atoms with Gasteiger partial charge in [0.2, 0.25) is 0 Å². The lowest BCUT2D eigenvalue weighted by Crippen LogP contribution is -2.18. The van der Waals surface area contributed by atoms with Gasteiger partial charge in [-0.2, -0.15) is 5.10 Å². The number of carbonyl (C=O) groups is 1. The lowest BCUT2D eigenvalue weighted by Gasteiger charge is -2.07. The Balaban J connectivity index is 2.26. The van der Waals surface area contributed by atoms with Crippen molar-refractivity contribution in [2.75, 3.05) is 6.61 Å². The number of pyridine rings is 1. The van der Waals surface area contributed by atoms with Gasteiger partial charge in [0, 0.05) is 11.2 Å². The average Bonchev–Trinajstić information content (AvgIpc) is 3.06. The van der Waals surface area contributed by atoms with E-state index in [0.717, 1.165) is 16.6 Å². The Morgan fingerprint density at radius 1 is 1.31 bits per heavy atom. The van der Waals surface area contributed by atoms with E-state index in [1.807, 2.05) is 13.0 Å². The van der Waals surface area contributed by atoms with Crippen molar-refractivity contribution in [3.63, 3.8) is 0 Å². The molecule has 0 amide bonds. The van der Waals surface area contributed by atoms with Crippen molar-refractivity contribution < 1.29 is 18.3 Å². The van der Waals surface area contributed by atoms with Gasteiger partial charge in [-0.1, -0.05) is 29.8 Å². The molecule has 0 bridgehead atoms. The second kappa shape index (κ2) is 8.78. The molecule has 0 radical (unpaired) electrons. The van der Waals surface area contributed by atoms with Crippen LogP contribution in [0.1, 0.15) is 5.56 Å². The summed E-state index contributed by atoms with van der Waals surface area (Å²) < 4.78 is 30.4. The molecular formula is C19H16ClF2N5O2. The molecule has 0 spiro atoms. The fourth-order valence-corrected chi connectivity index (χ4v) is 2.83. The van der Waals surface area contributed by atoms with Crippen molar-refractivity contribution in [2.45, 2.75) is 13.3 Å². The van der Waals surface area contributed by atoms with Gasteiger partial charge in [0.25, 0.3) is 6.43 Å². The van der Waals surface area contributed by atoms with Crippen molar-refractivity contribution in [2.24, 2.45) is 10.7 Å². The highest BCUT2D eigenvalue weighted by molar-refractivity contribution is 6.30. The molecular weight excluding hydrogens is 404 g/mol. The van der Waals surface area contributed by atoms with Crippen molar-refractivity contribution >= 4 is 29.9 Å². The molecule has 0 aliphatic carbocycles. The average molecular weight is 420 g/mol. The van der Waals surface area contributed by atoms with Gasteiger partial charge in [-0.25, -0.2) is 18.6 Å². The Morgan fingerprint density at radius 2 is 2.03 bits per heavy atom. The molecule has 7 nitrogen and oxygen atoms in total. The number of aromatic nitrogens is 3. The number of nitrogens with zero attached hydrogens (tertiary/aromatic N) is 4. The smallest absolute Gasteiger partial charge is 0.436 e. The normalized spacial score (nSPS) is 11.3. The number of carbonyl (C=O) groups excluding carboxylic acids is 1. The molecule has 0 fully saturated rings. The number of hydrogen-bond donors (Lipinski definition) is 1. The number of benzene rings is 1. The SMILES string of the molecule is Cc1cccnc1-c1nn(C(=O)OCC(F)F)c(/N=C\N)c1-c1ccc(Cl)cc1. The highest BCUT2D eigenvalue weighted by Crippen LogP contribution is 2.40. The number of halogens is 3. The van der Waals surface area contributed by atoms with Crippen LogP contribution in [0.2, 0.25) is 5.02 Å². The van der Waals surface area contributed by atoms with Gasteiger partial charge in [-0.3, -0.25) is 4.98 Å². The Morgan fingerprint density at radius 3 is 2.66 bits per heavy atom. The Hall–Kier alpha value is -3.33. The maximum absolute atomic E-state index is 12.5. The van der Waals surface area contributed by atoms with E-state index >= 15 is 0 Å². The minimum Gasteiger partial charge on any atom is -0.442 e. The number of hydrogen-bond acceptors (Lipinski definition) is 5. The van der Waals surface area contributed by atoms with Gasteiger partial charge in [0.1, 0.15) is 5.69 Å². The molecule has 0 aliphatic rings. The van der Waals surface area contributed by atoms with E-state index in [0.29, 0.717) is 27.5 Å². The van der Waals surface area contributed by atoms with Gasteiger partial charge in [-0.05, 0) is 36.2 Å². The summed E-state index contributed by atoms with van der Waals surface area (Å²) in [5, 5.41) is 4.78. The molecule has 2 aromatic heterocycles. The zero-order valence-electron chi connectivity index (χ0n) is 15.2. The van der Waals surface area contributed by atoms with E-state index in [2.05, 4.69) is 19.8 Å². The zero-order valence-corrected chi connectivity index (χ0v) is 16.0. The molecule has 1 aromatic carbocycles. The standard InChI is InChI=1S/C19H16ClF2N5O2/c1-11-3-2-8-24-16(11)17-15(12-4-6-13(20)7-5-12)18(25-10-23)27(26-17)19(28)29-9-14(21)22/h2-8,10,14H,9H2,1H3,(H2,23,25). The van der Waals surface area contributed by atoms with Crippen LogP contribution in [0, 0.1) is 6.92 Å². The van der Waals surface area contributed by atoms with Crippen LogP contribution in [0.15, 0.2) is 47.6 Å². The summed E-state index contributed by atoms with van der Waals surface area (Å²) in [6, 6.07) is 10.3. The van der Waals surface area contributed by atoms with E-state index < -0.39 is 19.1 Å². The minimum atomic E-state index is -2.82. The van der Waals surface area contributed by atoms with Gasteiger partial charge in [0.05, 0.1) is 17.6 Å². The third kappa shape index (κ3) is 4.40. The Kier molecular flexibility index (Phi) is 6.18. The van der Waals surface area contributed by atoms with Crippen LogP contribution in [0.3, 0.4) is 0 Å². The highest BCUT2D eigenvalue weighted by atomic mass is 35.5. The lowest BCUT2D eigenvalue weighted by atomic mass is 10.0. The number of nitrogens with two attached hydrogens (primary N) is 1. The van der Waals surface area contributed by atoms with Gasteiger partial charge in [0.15, 0.2) is 12.4 Å². The Labute approximate surface area is 169 Å². The first-order valence-corrected chi connectivity index (χ1v) is 8.80. The van der Waals surface area contributed by atoms with E-state index in [1.54, 1.807) is 36.5 Å². The third-order valence-corrected chi connectivity index (χ3v) is 4.18. The number of ether oxygens (including phenoxy) is 1. The summed E-state index contributed by atoms with van der Waals surface area (Å²) in [5.41, 5.74) is 8.12. The molecule has 2 N–H and O–H groups in total. The fraction of sp³-hybridized carbons (Fsp3) is 0.158. The summed E-state index contributed by atoms with van der Waals surface area (Å²) in [6.07, 6.45) is -1.37. The summed E-state index contributed by atoms with van der Waals surface area (Å²) >= 11 is 5.98. The molecule has 0 unspecified atom stereocenters. The first kappa shape index (κ1) is 20.4. The van der Waals surface area contributed by atoms with Crippen LogP contribution in [0.5, 0.6) is 0 Å². The van der Waals surface area contributed by atoms with Crippen LogP contribution >= 0.6 is 11.6 Å². The van der Waals surface area contributed by atoms with E-state index in [1.165, 1.54) is 0 Å². The van der Waals surface area contributed by atoms with Crippen LogP contribution in [0.4, 0.5) is 19.4 Å². The van der Waals surface area contributed by atoms with Crippen molar-refractivity contribution in [1.82, 2.24) is 14.8 Å². The lowest BCUT2D eigenvalue weighted by molar-refractivity contribution is 0.0484. The fourth-order valence-electron chi connectivity index (χ4n) is 2.70. The minimum absolute atomic E-state index is 0.0224. The Bertz CT molecular complexity index is 1050. The number of aliphatic imine (C=N–C) groups is 1. The molecule has 0 saturated carbocycles. The number of alkyl halides is 2. The van der Waals surface area contributed by atoms with Crippen LogP contribution < -0.4 is 5.73 Å². The molecule has 0 aliphatic heterocycles. The first-order chi connectivity index (χ1) is 13.9. The molecule has 2 heterocycles. The van der Waals surface area contributed by atoms with Gasteiger partial charge in [-0.15, -0.1) is 4.68 Å². The van der Waals surface area contributed by atoms with Crippen LogP contribution in [-0.2, 0) is 4.74 Å². The van der Waals surface area contributed by atoms with Gasteiger partial charge >= 0.3 is 6.09 Å². The van der Waals surface area contributed by atoms with Crippen molar-refractivity contribution in [3.8, 4) is 22.5 Å². The molecule has 0 atom stereocenters. The monoisotopic (exact) mass is 419 g/mol. The molecule has 0 saturated heterocycles. The largest absolute Gasteiger partial charge is 0.442 e. The molecule has 150 valence electrons. The maximum atomic E-state index is 12.5. The van der Waals surface area contributed by atoms with Gasteiger partial charge < -0.3 is 10.5 Å². The predicted molar refractivity (Wildman–Crippen MR) is 106 cm³/mol. The quantitative estimate of drug-likeness (QED) is 0.487. The van der Waals surface area contributed by atoms with Crippen LogP contribution in [0.25, 0.3) is 22.5 Å². The van der Waals surface area contributed by atoms with Crippen molar-refractivity contribution in [3.05, 3.63) is 53.2 Å². The van der Waals surface area contributed by atoms with E-state index in [-0.39, 0.29) is 5.82 Å². The van der Waals surface area contributed by atoms with E-state index in [9.17, 15) is 13.6 Å². The first-order valence-electron chi connectivity index (χ1n) is 8.43. The summed E-state index contributed by atoms with van der Waals surface area (Å²) in [6.45, 7) is 0.757. The topological polar surface area (TPSA) is 95.4 Å². The summed E-state index contributed by atoms with van der Waals surface area (Å²) in [5.74, 6) is 0.0224. The second-order valence-corrected chi connectivity index (χ2v) is 6.32. The molecule has 3 aromatic rings. The highest BCUT2D eigenvalue weighted by Gasteiger charge is 2.26. The van der Waals surface area contributed by atoms with Crippen molar-refractivity contribution in [1.29, 1.82) is 0 Å².